The second-order valence-corrected chi connectivity index (χ2v) is 11.0. The lowest BCUT2D eigenvalue weighted by atomic mass is 9.84. The average molecular weight is 514 g/mol. The molecule has 2 aliphatic carbocycles. The Hall–Kier alpha value is -4.08. The summed E-state index contributed by atoms with van der Waals surface area (Å²) in [5, 5.41) is 12.6. The molecule has 2 saturated carbocycles. The summed E-state index contributed by atoms with van der Waals surface area (Å²) in [6.45, 7) is 4.71. The third-order valence-corrected chi connectivity index (χ3v) is 8.13. The molecule has 0 spiro atoms. The molecule has 196 valence electrons. The van der Waals surface area contributed by atoms with Gasteiger partial charge in [0.05, 0.1) is 29.9 Å². The summed E-state index contributed by atoms with van der Waals surface area (Å²) in [4.78, 5) is 35.4. The molecular weight excluding hydrogens is 482 g/mol. The average Bonchev–Trinajstić information content (AvgIpc) is 3.52. The Labute approximate surface area is 219 Å². The maximum atomic E-state index is 13.3. The van der Waals surface area contributed by atoms with Crippen molar-refractivity contribution >= 4 is 39.7 Å². The minimum absolute atomic E-state index is 0.0180. The summed E-state index contributed by atoms with van der Waals surface area (Å²) in [5.41, 5.74) is 7.27. The fourth-order valence-electron chi connectivity index (χ4n) is 6.05. The van der Waals surface area contributed by atoms with E-state index in [9.17, 15) is 9.59 Å². The molecule has 2 fully saturated rings. The molecule has 3 aliphatic rings. The van der Waals surface area contributed by atoms with Gasteiger partial charge in [0, 0.05) is 53.1 Å². The van der Waals surface area contributed by atoms with Crippen LogP contribution in [0, 0.1) is 0 Å². The van der Waals surface area contributed by atoms with Crippen molar-refractivity contribution in [2.24, 2.45) is 0 Å². The van der Waals surface area contributed by atoms with Crippen LogP contribution >= 0.6 is 0 Å². The monoisotopic (exact) mass is 513 g/mol. The summed E-state index contributed by atoms with van der Waals surface area (Å²) in [6.07, 6.45) is 6.98. The number of H-pyrrole nitrogens is 1. The molecule has 3 N–H and O–H groups in total. The van der Waals surface area contributed by atoms with Crippen LogP contribution in [0.1, 0.15) is 62.7 Å². The number of aromatic amines is 1. The van der Waals surface area contributed by atoms with Gasteiger partial charge in [0.25, 0.3) is 0 Å². The Morgan fingerprint density at radius 2 is 2.03 bits per heavy atom. The number of carbonyl (C=O) groups is 2. The number of carbonyl (C=O) groups excluding carboxylic acids is 2. The van der Waals surface area contributed by atoms with Crippen LogP contribution < -0.4 is 15.5 Å². The number of nitrogens with one attached hydrogen (secondary N) is 3. The minimum Gasteiger partial charge on any atom is -0.453 e. The molecule has 0 radical (unpaired) electrons. The SMILES string of the molecule is COC(=O)NC1CC(N2C(=O)NCc3cnc4[nH]c(C5CC5)c(-c5ccc6c(cnn6C(C)C)c5)c4c32)C1. The van der Waals surface area contributed by atoms with Crippen molar-refractivity contribution in [1.82, 2.24) is 30.4 Å². The van der Waals surface area contributed by atoms with E-state index >= 15 is 0 Å². The molecule has 1 aromatic carbocycles. The zero-order chi connectivity index (χ0) is 26.1. The van der Waals surface area contributed by atoms with Gasteiger partial charge in [-0.2, -0.15) is 5.10 Å². The van der Waals surface area contributed by atoms with E-state index in [1.807, 2.05) is 22.0 Å². The van der Waals surface area contributed by atoms with Gasteiger partial charge in [-0.1, -0.05) is 6.07 Å². The molecule has 0 saturated heterocycles. The maximum absolute atomic E-state index is 13.3. The molecule has 10 nitrogen and oxygen atoms in total. The van der Waals surface area contributed by atoms with Crippen molar-refractivity contribution in [2.45, 2.75) is 70.1 Å². The van der Waals surface area contributed by atoms with Gasteiger partial charge in [0.1, 0.15) is 5.65 Å². The van der Waals surface area contributed by atoms with E-state index in [1.54, 1.807) is 0 Å². The molecule has 3 amide bonds. The number of anilines is 1. The second-order valence-electron chi connectivity index (χ2n) is 11.0. The van der Waals surface area contributed by atoms with Gasteiger partial charge >= 0.3 is 12.1 Å². The molecule has 0 atom stereocenters. The van der Waals surface area contributed by atoms with E-state index in [-0.39, 0.29) is 24.2 Å². The van der Waals surface area contributed by atoms with Crippen LogP contribution in [0.3, 0.4) is 0 Å². The lowest BCUT2D eigenvalue weighted by Gasteiger charge is -2.45. The predicted octanol–water partition coefficient (Wildman–Crippen LogP) is 4.95. The number of ether oxygens (including phenoxy) is 1. The number of nitrogens with zero attached hydrogens (tertiary/aromatic N) is 4. The maximum Gasteiger partial charge on any atom is 0.407 e. The first-order valence-corrected chi connectivity index (χ1v) is 13.4. The number of methoxy groups -OCH3 is 1. The van der Waals surface area contributed by atoms with E-state index in [4.69, 9.17) is 9.72 Å². The van der Waals surface area contributed by atoms with Crippen LogP contribution in [0.5, 0.6) is 0 Å². The number of amides is 3. The van der Waals surface area contributed by atoms with Crippen LogP contribution in [-0.4, -0.2) is 51.1 Å². The van der Waals surface area contributed by atoms with Crippen molar-refractivity contribution in [3.63, 3.8) is 0 Å². The number of benzene rings is 1. The summed E-state index contributed by atoms with van der Waals surface area (Å²) >= 11 is 0. The second kappa shape index (κ2) is 8.47. The number of urea groups is 1. The zero-order valence-electron chi connectivity index (χ0n) is 21.7. The molecule has 1 aliphatic heterocycles. The number of pyridine rings is 1. The Kier molecular flexibility index (Phi) is 5.14. The predicted molar refractivity (Wildman–Crippen MR) is 144 cm³/mol. The summed E-state index contributed by atoms with van der Waals surface area (Å²) in [5.74, 6) is 0.465. The van der Waals surface area contributed by atoms with Gasteiger partial charge in [-0.15, -0.1) is 0 Å². The first-order chi connectivity index (χ1) is 18.4. The van der Waals surface area contributed by atoms with E-state index in [1.165, 1.54) is 12.8 Å². The lowest BCUT2D eigenvalue weighted by Crippen LogP contribution is -2.59. The molecule has 4 heterocycles. The summed E-state index contributed by atoms with van der Waals surface area (Å²) < 4.78 is 6.79. The van der Waals surface area contributed by atoms with Crippen molar-refractivity contribution in [1.29, 1.82) is 0 Å². The van der Waals surface area contributed by atoms with Gasteiger partial charge in [-0.05, 0) is 63.1 Å². The van der Waals surface area contributed by atoms with Gasteiger partial charge in [-0.3, -0.25) is 9.58 Å². The fourth-order valence-corrected chi connectivity index (χ4v) is 6.05. The van der Waals surface area contributed by atoms with Gasteiger partial charge in [-0.25, -0.2) is 14.6 Å². The van der Waals surface area contributed by atoms with Crippen LogP contribution in [-0.2, 0) is 11.3 Å². The van der Waals surface area contributed by atoms with E-state index in [2.05, 4.69) is 52.8 Å². The molecule has 10 heteroatoms. The molecule has 38 heavy (non-hydrogen) atoms. The van der Waals surface area contributed by atoms with Gasteiger partial charge in [0.15, 0.2) is 0 Å². The number of rotatable bonds is 5. The summed E-state index contributed by atoms with van der Waals surface area (Å²) in [7, 11) is 1.36. The van der Waals surface area contributed by atoms with Crippen LogP contribution in [0.2, 0.25) is 0 Å². The topological polar surface area (TPSA) is 117 Å². The Morgan fingerprint density at radius 3 is 2.76 bits per heavy atom. The van der Waals surface area contributed by atoms with E-state index in [0.29, 0.717) is 25.3 Å². The highest BCUT2D eigenvalue weighted by atomic mass is 16.5. The normalized spacial score (nSPS) is 20.9. The van der Waals surface area contributed by atoms with Crippen LogP contribution in [0.15, 0.2) is 30.6 Å². The van der Waals surface area contributed by atoms with Gasteiger partial charge < -0.3 is 20.4 Å². The molecule has 4 aromatic rings. The smallest absolute Gasteiger partial charge is 0.407 e. The molecular formula is C28H31N7O3. The molecule has 0 unspecified atom stereocenters. The highest BCUT2D eigenvalue weighted by Gasteiger charge is 2.42. The number of hydrogen-bond donors (Lipinski definition) is 3. The van der Waals surface area contributed by atoms with E-state index in [0.717, 1.165) is 57.2 Å². The van der Waals surface area contributed by atoms with Crippen molar-refractivity contribution in [3.8, 4) is 11.1 Å². The molecule has 3 aromatic heterocycles. The highest BCUT2D eigenvalue weighted by molar-refractivity contribution is 6.12. The van der Waals surface area contributed by atoms with Gasteiger partial charge in [0.2, 0.25) is 0 Å². The Morgan fingerprint density at radius 1 is 1.21 bits per heavy atom. The zero-order valence-corrected chi connectivity index (χ0v) is 21.7. The largest absolute Gasteiger partial charge is 0.453 e. The first-order valence-electron chi connectivity index (χ1n) is 13.4. The number of fused-ring (bicyclic) bond motifs is 4. The summed E-state index contributed by atoms with van der Waals surface area (Å²) in [6, 6.07) is 6.65. The van der Waals surface area contributed by atoms with E-state index < -0.39 is 6.09 Å². The fraction of sp³-hybridized carbons (Fsp3) is 0.429. The minimum atomic E-state index is -0.443. The van der Waals surface area contributed by atoms with Crippen molar-refractivity contribution < 1.29 is 14.3 Å². The van der Waals surface area contributed by atoms with Crippen molar-refractivity contribution in [2.75, 3.05) is 12.0 Å². The first kappa shape index (κ1) is 23.1. The van der Waals surface area contributed by atoms with Crippen molar-refractivity contribution in [3.05, 3.63) is 41.9 Å². The van der Waals surface area contributed by atoms with Crippen LogP contribution in [0.25, 0.3) is 33.1 Å². The number of aromatic nitrogens is 4. The molecule has 0 bridgehead atoms. The number of hydrogen-bond acceptors (Lipinski definition) is 5. The third kappa shape index (κ3) is 3.53. The Balaban J connectivity index is 1.37. The molecule has 7 rings (SSSR count). The third-order valence-electron chi connectivity index (χ3n) is 8.13. The highest BCUT2D eigenvalue weighted by Crippen LogP contribution is 2.50. The number of alkyl carbamates (subject to hydrolysis) is 1. The quantitative estimate of drug-likeness (QED) is 0.349. The van der Waals surface area contributed by atoms with Crippen LogP contribution in [0.4, 0.5) is 15.3 Å². The Bertz CT molecular complexity index is 1590. The standard InChI is InChI=1S/C28H31N7O3/c1-14(2)35-21-7-6-16(8-17(21)13-31-35)22-23-25-18(11-29-26(23)33-24(22)15-4-5-15)12-30-27(36)34(25)20-9-19(10-20)32-28(37)38-3/h6-8,11,13-15,19-20H,4-5,9-10,12H2,1-3H3,(H,29,33)(H,30,36)(H,32,37). The lowest BCUT2D eigenvalue weighted by molar-refractivity contribution is 0.156.